The zero-order chi connectivity index (χ0) is 10.4. The minimum atomic E-state index is -0.125. The molecule has 0 unspecified atom stereocenters. The molecule has 0 radical (unpaired) electrons. The van der Waals surface area contributed by atoms with Crippen molar-refractivity contribution in [2.24, 2.45) is 0 Å². The Balaban J connectivity index is 2.49. The largest absolute Gasteiger partial charge is 0.347 e. The molecule has 1 rings (SSSR count). The summed E-state index contributed by atoms with van der Waals surface area (Å²) in [4.78, 5) is 0. The Labute approximate surface area is 86.6 Å². The highest BCUT2D eigenvalue weighted by atomic mass is 16.7. The van der Waals surface area contributed by atoms with Gasteiger partial charge in [0.25, 0.3) is 0 Å². The van der Waals surface area contributed by atoms with Gasteiger partial charge in [-0.1, -0.05) is 25.0 Å². The first-order valence-electron chi connectivity index (χ1n) is 5.32. The zero-order valence-corrected chi connectivity index (χ0v) is 9.38. The van der Waals surface area contributed by atoms with Crippen molar-refractivity contribution in [1.82, 2.24) is 0 Å². The molecule has 1 fully saturated rings. The minimum absolute atomic E-state index is 0.125. The fourth-order valence-electron chi connectivity index (χ4n) is 1.33. The van der Waals surface area contributed by atoms with Gasteiger partial charge >= 0.3 is 0 Å². The van der Waals surface area contributed by atoms with Gasteiger partial charge < -0.3 is 9.47 Å². The molecule has 2 nitrogen and oxygen atoms in total. The third-order valence-electron chi connectivity index (χ3n) is 2.39. The predicted octanol–water partition coefficient (Wildman–Crippen LogP) is 3.05. The molecule has 0 saturated carbocycles. The van der Waals surface area contributed by atoms with Crippen LogP contribution in [0.2, 0.25) is 0 Å². The van der Waals surface area contributed by atoms with Crippen LogP contribution in [0, 0.1) is 0 Å². The topological polar surface area (TPSA) is 18.5 Å². The minimum Gasteiger partial charge on any atom is -0.347 e. The Morgan fingerprint density at radius 2 is 1.86 bits per heavy atom. The molecule has 1 saturated heterocycles. The van der Waals surface area contributed by atoms with Crippen molar-refractivity contribution in [1.29, 1.82) is 0 Å². The molecule has 0 bridgehead atoms. The van der Waals surface area contributed by atoms with Crippen LogP contribution < -0.4 is 0 Å². The maximum Gasteiger partial charge on any atom is 0.177 e. The van der Waals surface area contributed by atoms with Crippen molar-refractivity contribution >= 4 is 0 Å². The molecule has 1 aliphatic rings. The molecule has 0 aromatic heterocycles. The number of hydrogen-bond donors (Lipinski definition) is 0. The average Bonchev–Trinajstić information content (AvgIpc) is 2.66. The van der Waals surface area contributed by atoms with E-state index < -0.39 is 0 Å². The number of unbranched alkanes of at least 4 members (excludes halogenated alkanes) is 1. The highest BCUT2D eigenvalue weighted by Crippen LogP contribution is 2.14. The van der Waals surface area contributed by atoms with Crippen LogP contribution in [0.15, 0.2) is 23.3 Å². The Kier molecular flexibility index (Phi) is 4.91. The van der Waals surface area contributed by atoms with Gasteiger partial charge in [0.1, 0.15) is 0 Å². The number of rotatable bonds is 4. The fraction of sp³-hybridized carbons (Fsp3) is 0.667. The molecule has 0 aromatic carbocycles. The fourth-order valence-corrected chi connectivity index (χ4v) is 1.33. The lowest BCUT2D eigenvalue weighted by molar-refractivity contribution is -0.00203. The van der Waals surface area contributed by atoms with Gasteiger partial charge in [0.15, 0.2) is 6.29 Å². The Morgan fingerprint density at radius 1 is 1.21 bits per heavy atom. The van der Waals surface area contributed by atoms with Gasteiger partial charge in [-0.15, -0.1) is 0 Å². The summed E-state index contributed by atoms with van der Waals surface area (Å²) in [6.07, 6.45) is 6.53. The van der Waals surface area contributed by atoms with E-state index in [1.807, 2.05) is 0 Å². The molecular formula is C12H20O2. The van der Waals surface area contributed by atoms with Crippen LogP contribution >= 0.6 is 0 Å². The lowest BCUT2D eigenvalue weighted by atomic mass is 10.1. The van der Waals surface area contributed by atoms with Gasteiger partial charge in [0.2, 0.25) is 0 Å². The van der Waals surface area contributed by atoms with Gasteiger partial charge in [-0.3, -0.25) is 0 Å². The summed E-state index contributed by atoms with van der Waals surface area (Å²) in [6, 6.07) is 0. The smallest absolute Gasteiger partial charge is 0.177 e. The molecule has 2 heteroatoms. The van der Waals surface area contributed by atoms with Crippen molar-refractivity contribution in [3.8, 4) is 0 Å². The second-order valence-corrected chi connectivity index (χ2v) is 3.64. The Hall–Kier alpha value is -0.600. The molecule has 80 valence electrons. The average molecular weight is 196 g/mol. The second-order valence-electron chi connectivity index (χ2n) is 3.64. The van der Waals surface area contributed by atoms with E-state index >= 15 is 0 Å². The summed E-state index contributed by atoms with van der Waals surface area (Å²) < 4.78 is 10.7. The summed E-state index contributed by atoms with van der Waals surface area (Å²) >= 11 is 0. The van der Waals surface area contributed by atoms with Gasteiger partial charge in [0, 0.05) is 0 Å². The van der Waals surface area contributed by atoms with Crippen LogP contribution in [0.5, 0.6) is 0 Å². The lowest BCUT2D eigenvalue weighted by Crippen LogP contribution is -2.03. The third-order valence-corrected chi connectivity index (χ3v) is 2.39. The van der Waals surface area contributed by atoms with Crippen molar-refractivity contribution in [2.75, 3.05) is 13.2 Å². The zero-order valence-electron chi connectivity index (χ0n) is 9.38. The number of hydrogen-bond acceptors (Lipinski definition) is 2. The monoisotopic (exact) mass is 196 g/mol. The molecule has 1 aliphatic heterocycles. The van der Waals surface area contributed by atoms with Crippen LogP contribution in [0.1, 0.15) is 33.6 Å². The molecule has 0 N–H and O–H groups in total. The van der Waals surface area contributed by atoms with E-state index in [2.05, 4.69) is 32.9 Å². The maximum absolute atomic E-state index is 5.35. The highest BCUT2D eigenvalue weighted by Gasteiger charge is 2.12. The van der Waals surface area contributed by atoms with E-state index in [0.717, 1.165) is 6.42 Å². The van der Waals surface area contributed by atoms with Gasteiger partial charge in [-0.25, -0.2) is 0 Å². The van der Waals surface area contributed by atoms with Crippen LogP contribution in [0.25, 0.3) is 0 Å². The molecule has 0 spiro atoms. The molecule has 0 atom stereocenters. The first kappa shape index (κ1) is 11.5. The molecule has 0 aliphatic carbocycles. The summed E-state index contributed by atoms with van der Waals surface area (Å²) in [6.45, 7) is 7.85. The summed E-state index contributed by atoms with van der Waals surface area (Å²) in [5.41, 5.74) is 2.58. The van der Waals surface area contributed by atoms with Crippen LogP contribution in [-0.2, 0) is 9.47 Å². The second kappa shape index (κ2) is 5.99. The quantitative estimate of drug-likeness (QED) is 0.643. The highest BCUT2D eigenvalue weighted by molar-refractivity contribution is 5.27. The first-order valence-corrected chi connectivity index (χ1v) is 5.32. The molecule has 0 aromatic rings. The van der Waals surface area contributed by atoms with Crippen molar-refractivity contribution in [3.05, 3.63) is 23.3 Å². The Morgan fingerprint density at radius 3 is 2.43 bits per heavy atom. The van der Waals surface area contributed by atoms with Crippen LogP contribution in [0.3, 0.4) is 0 Å². The summed E-state index contributed by atoms with van der Waals surface area (Å²) in [7, 11) is 0. The molecule has 0 amide bonds. The standard InChI is InChI=1S/C12H20O2/c1-4-5-6-10(2)11(3)9-12-13-7-8-14-12/h6,9,12H,4-5,7-8H2,1-3H3/b10-6+,11-9+. The third kappa shape index (κ3) is 3.64. The van der Waals surface area contributed by atoms with Gasteiger partial charge in [-0.05, 0) is 31.9 Å². The summed E-state index contributed by atoms with van der Waals surface area (Å²) in [5.74, 6) is 0. The van der Waals surface area contributed by atoms with Gasteiger partial charge in [0.05, 0.1) is 13.2 Å². The molecule has 14 heavy (non-hydrogen) atoms. The van der Waals surface area contributed by atoms with Crippen molar-refractivity contribution in [2.45, 2.75) is 39.9 Å². The van der Waals surface area contributed by atoms with E-state index in [4.69, 9.17) is 9.47 Å². The van der Waals surface area contributed by atoms with Crippen molar-refractivity contribution in [3.63, 3.8) is 0 Å². The molecule has 1 heterocycles. The van der Waals surface area contributed by atoms with Crippen molar-refractivity contribution < 1.29 is 9.47 Å². The number of ether oxygens (including phenoxy) is 2. The SMILES string of the molecule is CCC/C=C(C)/C(C)=C/C1OCCO1. The van der Waals surface area contributed by atoms with Crippen LogP contribution in [0.4, 0.5) is 0 Å². The van der Waals surface area contributed by atoms with E-state index in [-0.39, 0.29) is 6.29 Å². The van der Waals surface area contributed by atoms with E-state index in [1.165, 1.54) is 17.6 Å². The number of allylic oxidation sites excluding steroid dienone is 3. The normalized spacial score (nSPS) is 20.5. The van der Waals surface area contributed by atoms with E-state index in [9.17, 15) is 0 Å². The van der Waals surface area contributed by atoms with E-state index in [0.29, 0.717) is 13.2 Å². The maximum atomic E-state index is 5.35. The first-order chi connectivity index (χ1) is 6.74. The lowest BCUT2D eigenvalue weighted by Gasteiger charge is -2.06. The predicted molar refractivity (Wildman–Crippen MR) is 58.1 cm³/mol. The summed E-state index contributed by atoms with van der Waals surface area (Å²) in [5, 5.41) is 0. The van der Waals surface area contributed by atoms with Gasteiger partial charge in [-0.2, -0.15) is 0 Å². The van der Waals surface area contributed by atoms with Crippen LogP contribution in [-0.4, -0.2) is 19.5 Å². The Bertz CT molecular complexity index is 222. The molecular weight excluding hydrogens is 176 g/mol. The van der Waals surface area contributed by atoms with E-state index in [1.54, 1.807) is 0 Å².